The Labute approximate surface area is 135 Å². The molecule has 0 aliphatic heterocycles. The fraction of sp³-hybridized carbons (Fsp3) is 0.0588. The van der Waals surface area contributed by atoms with Gasteiger partial charge in [-0.05, 0) is 18.2 Å². The van der Waals surface area contributed by atoms with E-state index in [1.54, 1.807) is 36.5 Å². The number of H-pyrrole nitrogens is 1. The molecule has 24 heavy (non-hydrogen) atoms. The Bertz CT molecular complexity index is 890. The molecular formula is C17H13F2N3O2. The van der Waals surface area contributed by atoms with Crippen LogP contribution in [0.3, 0.4) is 0 Å². The quantitative estimate of drug-likeness (QED) is 0.699. The van der Waals surface area contributed by atoms with Crippen LogP contribution in [0.1, 0.15) is 5.56 Å². The first-order valence-corrected chi connectivity index (χ1v) is 7.08. The van der Waals surface area contributed by atoms with Crippen LogP contribution in [0, 0.1) is 0 Å². The number of halogens is 2. The maximum absolute atomic E-state index is 12.4. The molecule has 0 aliphatic carbocycles. The fourth-order valence-corrected chi connectivity index (χ4v) is 2.23. The van der Waals surface area contributed by atoms with Gasteiger partial charge in [0.1, 0.15) is 5.75 Å². The number of anilines is 1. The Morgan fingerprint density at radius 3 is 2.88 bits per heavy atom. The molecule has 3 rings (SSSR count). The van der Waals surface area contributed by atoms with Crippen LogP contribution < -0.4 is 10.1 Å². The zero-order valence-electron chi connectivity index (χ0n) is 12.4. The highest BCUT2D eigenvalue weighted by atomic mass is 19.3. The van der Waals surface area contributed by atoms with Gasteiger partial charge in [0.25, 0.3) is 0 Å². The van der Waals surface area contributed by atoms with Gasteiger partial charge in [-0.25, -0.2) is 0 Å². The van der Waals surface area contributed by atoms with E-state index in [4.69, 9.17) is 0 Å². The molecular weight excluding hydrogens is 316 g/mol. The van der Waals surface area contributed by atoms with Gasteiger partial charge in [0.2, 0.25) is 5.91 Å². The number of hydrogen-bond donors (Lipinski definition) is 2. The fourth-order valence-electron chi connectivity index (χ4n) is 2.23. The number of benzene rings is 2. The molecule has 122 valence electrons. The van der Waals surface area contributed by atoms with E-state index in [1.165, 1.54) is 18.2 Å². The normalized spacial score (nSPS) is 11.3. The molecule has 1 aromatic heterocycles. The van der Waals surface area contributed by atoms with Gasteiger partial charge in [-0.2, -0.15) is 13.9 Å². The number of nitrogens with one attached hydrogen (secondary N) is 2. The van der Waals surface area contributed by atoms with E-state index in [2.05, 4.69) is 20.3 Å². The number of carbonyl (C=O) groups is 1. The molecule has 2 aromatic carbocycles. The number of rotatable bonds is 5. The molecule has 0 spiro atoms. The highest BCUT2D eigenvalue weighted by Crippen LogP contribution is 2.22. The number of nitrogens with zero attached hydrogens (tertiary/aromatic N) is 1. The van der Waals surface area contributed by atoms with Crippen molar-refractivity contribution in [2.75, 3.05) is 5.32 Å². The van der Waals surface area contributed by atoms with Crippen LogP contribution in [0.5, 0.6) is 5.75 Å². The van der Waals surface area contributed by atoms with E-state index in [-0.39, 0.29) is 5.75 Å². The first kappa shape index (κ1) is 15.7. The third-order valence-corrected chi connectivity index (χ3v) is 3.28. The Balaban J connectivity index is 1.75. The summed E-state index contributed by atoms with van der Waals surface area (Å²) in [6.45, 7) is -2.92. The second-order valence-corrected chi connectivity index (χ2v) is 4.88. The molecule has 0 aliphatic rings. The first-order chi connectivity index (χ1) is 11.6. The second-order valence-electron chi connectivity index (χ2n) is 4.88. The van der Waals surface area contributed by atoms with Crippen LogP contribution in [0.4, 0.5) is 14.5 Å². The Morgan fingerprint density at radius 1 is 1.21 bits per heavy atom. The highest BCUT2D eigenvalue weighted by molar-refractivity contribution is 6.06. The van der Waals surface area contributed by atoms with Gasteiger partial charge in [0.15, 0.2) is 0 Å². The summed E-state index contributed by atoms with van der Waals surface area (Å²) in [7, 11) is 0. The molecule has 5 nitrogen and oxygen atoms in total. The van der Waals surface area contributed by atoms with Crippen LogP contribution in [-0.2, 0) is 4.79 Å². The van der Waals surface area contributed by atoms with Gasteiger partial charge in [-0.3, -0.25) is 9.89 Å². The second kappa shape index (κ2) is 6.91. The van der Waals surface area contributed by atoms with Gasteiger partial charge in [-0.15, -0.1) is 0 Å². The molecule has 0 radical (unpaired) electrons. The van der Waals surface area contributed by atoms with Crippen molar-refractivity contribution in [3.63, 3.8) is 0 Å². The molecule has 0 saturated carbocycles. The Morgan fingerprint density at radius 2 is 2.04 bits per heavy atom. The van der Waals surface area contributed by atoms with Gasteiger partial charge in [0, 0.05) is 17.0 Å². The highest BCUT2D eigenvalue weighted by Gasteiger charge is 2.08. The molecule has 0 fully saturated rings. The number of ether oxygens (including phenoxy) is 1. The summed E-state index contributed by atoms with van der Waals surface area (Å²) in [6, 6.07) is 11.6. The maximum Gasteiger partial charge on any atom is 0.387 e. The van der Waals surface area contributed by atoms with Crippen LogP contribution in [0.2, 0.25) is 0 Å². The van der Waals surface area contributed by atoms with Crippen LogP contribution in [0.25, 0.3) is 17.0 Å². The van der Waals surface area contributed by atoms with Crippen molar-refractivity contribution in [1.29, 1.82) is 0 Å². The van der Waals surface area contributed by atoms with Crippen molar-refractivity contribution >= 4 is 28.6 Å². The zero-order chi connectivity index (χ0) is 16.9. The van der Waals surface area contributed by atoms with Crippen molar-refractivity contribution in [1.82, 2.24) is 10.2 Å². The lowest BCUT2D eigenvalue weighted by Crippen LogP contribution is -2.08. The lowest BCUT2D eigenvalue weighted by atomic mass is 10.2. The average molecular weight is 329 g/mol. The molecule has 1 heterocycles. The lowest BCUT2D eigenvalue weighted by Gasteiger charge is -2.07. The maximum atomic E-state index is 12.4. The minimum absolute atomic E-state index is 0.00668. The number of hydrogen-bond acceptors (Lipinski definition) is 3. The standard InChI is InChI=1S/C17H13F2N3O2/c18-17(19)24-14-7-2-1-4-11(14)8-9-15(23)21-13-6-3-5-12-10-20-22-16(12)13/h1-10,17H,(H,20,22)(H,21,23)/b9-8+. The van der Waals surface area contributed by atoms with E-state index in [1.807, 2.05) is 6.07 Å². The largest absolute Gasteiger partial charge is 0.434 e. The van der Waals surface area contributed by atoms with Crippen LogP contribution in [0.15, 0.2) is 54.7 Å². The van der Waals surface area contributed by atoms with E-state index >= 15 is 0 Å². The molecule has 0 atom stereocenters. The zero-order valence-corrected chi connectivity index (χ0v) is 12.4. The van der Waals surface area contributed by atoms with Crippen LogP contribution >= 0.6 is 0 Å². The van der Waals surface area contributed by atoms with Crippen molar-refractivity contribution in [2.45, 2.75) is 6.61 Å². The lowest BCUT2D eigenvalue weighted by molar-refractivity contribution is -0.111. The van der Waals surface area contributed by atoms with Gasteiger partial charge in [0.05, 0.1) is 17.4 Å². The molecule has 7 heteroatoms. The molecule has 2 N–H and O–H groups in total. The Kier molecular flexibility index (Phi) is 4.51. The molecule has 1 amide bonds. The minimum Gasteiger partial charge on any atom is -0.434 e. The van der Waals surface area contributed by atoms with Crippen LogP contribution in [-0.4, -0.2) is 22.7 Å². The molecule has 0 unspecified atom stereocenters. The monoisotopic (exact) mass is 329 g/mol. The van der Waals surface area contributed by atoms with E-state index in [9.17, 15) is 13.6 Å². The van der Waals surface area contributed by atoms with E-state index in [0.717, 1.165) is 5.39 Å². The summed E-state index contributed by atoms with van der Waals surface area (Å²) in [5.41, 5.74) is 1.67. The third-order valence-electron chi connectivity index (χ3n) is 3.28. The molecule has 0 bridgehead atoms. The van der Waals surface area contributed by atoms with Crippen molar-refractivity contribution in [3.8, 4) is 5.75 Å². The molecule has 3 aromatic rings. The van der Waals surface area contributed by atoms with Gasteiger partial charge < -0.3 is 10.1 Å². The minimum atomic E-state index is -2.92. The predicted octanol–water partition coefficient (Wildman–Crippen LogP) is 3.82. The third kappa shape index (κ3) is 3.57. The van der Waals surface area contributed by atoms with Gasteiger partial charge in [-0.1, -0.05) is 30.3 Å². The SMILES string of the molecule is O=C(/C=C/c1ccccc1OC(F)F)Nc1cccc2cn[nH]c12. The number of fused-ring (bicyclic) bond motifs is 1. The van der Waals surface area contributed by atoms with Crippen molar-refractivity contribution in [3.05, 3.63) is 60.3 Å². The predicted molar refractivity (Wildman–Crippen MR) is 86.8 cm³/mol. The summed E-state index contributed by atoms with van der Waals surface area (Å²) in [4.78, 5) is 12.1. The van der Waals surface area contributed by atoms with Crippen molar-refractivity contribution < 1.29 is 18.3 Å². The first-order valence-electron chi connectivity index (χ1n) is 7.08. The summed E-state index contributed by atoms with van der Waals surface area (Å²) >= 11 is 0. The number of para-hydroxylation sites is 2. The number of amides is 1. The number of aromatic nitrogens is 2. The average Bonchev–Trinajstić information content (AvgIpc) is 3.03. The van der Waals surface area contributed by atoms with Gasteiger partial charge >= 0.3 is 6.61 Å². The number of carbonyl (C=O) groups excluding carboxylic acids is 1. The topological polar surface area (TPSA) is 67.0 Å². The summed E-state index contributed by atoms with van der Waals surface area (Å²) in [5, 5.41) is 10.3. The smallest absolute Gasteiger partial charge is 0.387 e. The summed E-state index contributed by atoms with van der Waals surface area (Å²) in [5.74, 6) is -0.392. The van der Waals surface area contributed by atoms with E-state index < -0.39 is 12.5 Å². The molecule has 0 saturated heterocycles. The number of alkyl halides is 2. The van der Waals surface area contributed by atoms with Crippen molar-refractivity contribution in [2.24, 2.45) is 0 Å². The number of aromatic amines is 1. The van der Waals surface area contributed by atoms with E-state index in [0.29, 0.717) is 16.8 Å². The Hall–Kier alpha value is -3.22. The summed E-state index contributed by atoms with van der Waals surface area (Å²) < 4.78 is 29.2. The summed E-state index contributed by atoms with van der Waals surface area (Å²) in [6.07, 6.45) is 4.32.